The van der Waals surface area contributed by atoms with Crippen molar-refractivity contribution in [3.63, 3.8) is 0 Å². The number of hydrogen-bond acceptors (Lipinski definition) is 6. The fourth-order valence-corrected chi connectivity index (χ4v) is 3.89. The standard InChI is InChI=1S/C15H13Cl2F3N4O3S/c1-3-27-7-22-14-13(28(2,25)26)11(6-21)23-24(14)12-9(16)4-8(5-10(12)17)15(18,19)20/h4-5,22H,3,7H2,1-2H3. The molecule has 0 amide bonds. The highest BCUT2D eigenvalue weighted by Gasteiger charge is 2.34. The fraction of sp³-hybridized carbons (Fsp3) is 0.333. The Kier molecular flexibility index (Phi) is 6.50. The second kappa shape index (κ2) is 8.16. The van der Waals surface area contributed by atoms with E-state index in [4.69, 9.17) is 27.9 Å². The number of ether oxygens (including phenoxy) is 1. The Labute approximate surface area is 168 Å². The first-order valence-corrected chi connectivity index (χ1v) is 10.2. The summed E-state index contributed by atoms with van der Waals surface area (Å²) in [7, 11) is -3.95. The summed E-state index contributed by atoms with van der Waals surface area (Å²) in [6.07, 6.45) is -3.83. The molecule has 0 unspecified atom stereocenters. The topological polar surface area (TPSA) is 97.0 Å². The summed E-state index contributed by atoms with van der Waals surface area (Å²) >= 11 is 12.0. The largest absolute Gasteiger partial charge is 0.416 e. The minimum Gasteiger partial charge on any atom is -0.362 e. The molecule has 0 aliphatic heterocycles. The van der Waals surface area contributed by atoms with Crippen LogP contribution in [0.25, 0.3) is 5.69 Å². The van der Waals surface area contributed by atoms with Crippen LogP contribution < -0.4 is 5.32 Å². The lowest BCUT2D eigenvalue weighted by molar-refractivity contribution is -0.137. The number of hydrogen-bond donors (Lipinski definition) is 1. The van der Waals surface area contributed by atoms with Crippen molar-refractivity contribution in [2.45, 2.75) is 18.0 Å². The van der Waals surface area contributed by atoms with Gasteiger partial charge in [0, 0.05) is 12.9 Å². The Morgan fingerprint density at radius 3 is 2.32 bits per heavy atom. The zero-order valence-corrected chi connectivity index (χ0v) is 16.8. The van der Waals surface area contributed by atoms with Gasteiger partial charge in [-0.3, -0.25) is 0 Å². The third kappa shape index (κ3) is 4.52. The molecule has 0 fully saturated rings. The normalized spacial score (nSPS) is 12.1. The predicted octanol–water partition coefficient (Wildman–Crippen LogP) is 3.88. The molecule has 0 saturated heterocycles. The Bertz CT molecular complexity index is 1020. The van der Waals surface area contributed by atoms with Gasteiger partial charge >= 0.3 is 6.18 Å². The first-order chi connectivity index (χ1) is 12.9. The number of nitriles is 1. The number of nitrogens with one attached hydrogen (secondary N) is 1. The smallest absolute Gasteiger partial charge is 0.362 e. The Hall–Kier alpha value is -2.00. The van der Waals surface area contributed by atoms with E-state index in [1.807, 2.05) is 0 Å². The molecule has 7 nitrogen and oxygen atoms in total. The number of aromatic nitrogens is 2. The molecule has 1 N–H and O–H groups in total. The van der Waals surface area contributed by atoms with Crippen molar-refractivity contribution >= 4 is 38.9 Å². The van der Waals surface area contributed by atoms with Crippen LogP contribution in [-0.2, 0) is 20.8 Å². The molecule has 0 spiro atoms. The lowest BCUT2D eigenvalue weighted by atomic mass is 10.2. The summed E-state index contributed by atoms with van der Waals surface area (Å²) in [5.74, 6) is -0.212. The average Bonchev–Trinajstić information content (AvgIpc) is 2.92. The molecule has 0 aliphatic rings. The van der Waals surface area contributed by atoms with Gasteiger partial charge in [-0.05, 0) is 19.1 Å². The summed E-state index contributed by atoms with van der Waals surface area (Å²) in [4.78, 5) is -0.457. The molecule has 28 heavy (non-hydrogen) atoms. The summed E-state index contributed by atoms with van der Waals surface area (Å²) in [5, 5.41) is 14.9. The van der Waals surface area contributed by atoms with Gasteiger partial charge in [0.05, 0.1) is 15.6 Å². The third-order valence-electron chi connectivity index (χ3n) is 3.42. The first kappa shape index (κ1) is 22.3. The average molecular weight is 457 g/mol. The molecule has 2 aromatic rings. The van der Waals surface area contributed by atoms with E-state index < -0.39 is 42.2 Å². The van der Waals surface area contributed by atoms with Crippen LogP contribution in [0.1, 0.15) is 18.2 Å². The van der Waals surface area contributed by atoms with Crippen LogP contribution in [0.15, 0.2) is 17.0 Å². The Balaban J connectivity index is 2.79. The molecule has 0 radical (unpaired) electrons. The molecule has 0 aliphatic carbocycles. The first-order valence-electron chi connectivity index (χ1n) is 7.53. The SMILES string of the molecule is CCOCNc1c(S(C)(=O)=O)c(C#N)nn1-c1c(Cl)cc(C(F)(F)F)cc1Cl. The maximum Gasteiger partial charge on any atom is 0.416 e. The van der Waals surface area contributed by atoms with Crippen LogP contribution >= 0.6 is 23.2 Å². The summed E-state index contributed by atoms with van der Waals surface area (Å²) < 4.78 is 69.2. The van der Waals surface area contributed by atoms with E-state index in [1.54, 1.807) is 13.0 Å². The van der Waals surface area contributed by atoms with E-state index in [9.17, 15) is 26.9 Å². The molecule has 0 bridgehead atoms. The molecule has 1 aromatic carbocycles. The monoisotopic (exact) mass is 456 g/mol. The van der Waals surface area contributed by atoms with Gasteiger partial charge in [-0.15, -0.1) is 0 Å². The van der Waals surface area contributed by atoms with E-state index >= 15 is 0 Å². The Morgan fingerprint density at radius 2 is 1.89 bits per heavy atom. The van der Waals surface area contributed by atoms with Crippen molar-refractivity contribution < 1.29 is 26.3 Å². The van der Waals surface area contributed by atoms with Crippen LogP contribution in [0.5, 0.6) is 0 Å². The zero-order chi connectivity index (χ0) is 21.3. The van der Waals surface area contributed by atoms with Crippen LogP contribution in [0.3, 0.4) is 0 Å². The number of rotatable bonds is 6. The second-order valence-electron chi connectivity index (χ2n) is 5.42. The van der Waals surface area contributed by atoms with Gasteiger partial charge in [-0.1, -0.05) is 23.2 Å². The quantitative estimate of drug-likeness (QED) is 0.523. The highest BCUT2D eigenvalue weighted by atomic mass is 35.5. The van der Waals surface area contributed by atoms with Gasteiger partial charge in [0.2, 0.25) is 0 Å². The minimum absolute atomic E-state index is 0.161. The van der Waals surface area contributed by atoms with Gasteiger partial charge in [0.25, 0.3) is 0 Å². The number of alkyl halides is 3. The lowest BCUT2D eigenvalue weighted by Crippen LogP contribution is -2.14. The van der Waals surface area contributed by atoms with Crippen LogP contribution in [0.2, 0.25) is 10.0 Å². The van der Waals surface area contributed by atoms with E-state index in [0.717, 1.165) is 10.9 Å². The van der Waals surface area contributed by atoms with Gasteiger partial charge in [-0.25, -0.2) is 13.1 Å². The van der Waals surface area contributed by atoms with Gasteiger partial charge in [-0.2, -0.15) is 23.5 Å². The van der Waals surface area contributed by atoms with E-state index in [1.165, 1.54) is 0 Å². The van der Waals surface area contributed by atoms with Gasteiger partial charge < -0.3 is 10.1 Å². The Morgan fingerprint density at radius 1 is 1.32 bits per heavy atom. The number of anilines is 1. The highest BCUT2D eigenvalue weighted by Crippen LogP contribution is 2.39. The molecule has 0 atom stereocenters. The molecule has 0 saturated carbocycles. The van der Waals surface area contributed by atoms with Gasteiger partial charge in [0.1, 0.15) is 23.4 Å². The number of benzene rings is 1. The van der Waals surface area contributed by atoms with Gasteiger partial charge in [0.15, 0.2) is 21.3 Å². The highest BCUT2D eigenvalue weighted by molar-refractivity contribution is 7.91. The molecule has 1 heterocycles. The van der Waals surface area contributed by atoms with Crippen LogP contribution in [0.4, 0.5) is 19.0 Å². The predicted molar refractivity (Wildman–Crippen MR) is 96.5 cm³/mol. The number of nitrogens with zero attached hydrogens (tertiary/aromatic N) is 3. The lowest BCUT2D eigenvalue weighted by Gasteiger charge is -2.15. The second-order valence-corrected chi connectivity index (χ2v) is 8.19. The molecule has 13 heteroatoms. The van der Waals surface area contributed by atoms with Crippen LogP contribution in [0, 0.1) is 11.3 Å². The van der Waals surface area contributed by atoms with Crippen molar-refractivity contribution in [3.8, 4) is 11.8 Å². The maximum atomic E-state index is 13.0. The van der Waals surface area contributed by atoms with E-state index in [0.29, 0.717) is 18.7 Å². The summed E-state index contributed by atoms with van der Waals surface area (Å²) in [6, 6.07) is 2.90. The van der Waals surface area contributed by atoms with Crippen molar-refractivity contribution in [1.82, 2.24) is 9.78 Å². The summed E-state index contributed by atoms with van der Waals surface area (Å²) in [6.45, 7) is 1.83. The van der Waals surface area contributed by atoms with Crippen molar-refractivity contribution in [2.24, 2.45) is 0 Å². The minimum atomic E-state index is -4.69. The molecule has 152 valence electrons. The number of sulfone groups is 1. The zero-order valence-electron chi connectivity index (χ0n) is 14.4. The van der Waals surface area contributed by atoms with Crippen molar-refractivity contribution in [2.75, 3.05) is 24.9 Å². The molecular weight excluding hydrogens is 444 g/mol. The van der Waals surface area contributed by atoms with E-state index in [-0.39, 0.29) is 18.2 Å². The molecule has 2 rings (SSSR count). The fourth-order valence-electron chi connectivity index (χ4n) is 2.30. The van der Waals surface area contributed by atoms with Crippen molar-refractivity contribution in [1.29, 1.82) is 5.26 Å². The van der Waals surface area contributed by atoms with Crippen molar-refractivity contribution in [3.05, 3.63) is 33.4 Å². The molecule has 1 aromatic heterocycles. The summed E-state index contributed by atoms with van der Waals surface area (Å²) in [5.41, 5.74) is -1.79. The number of halogens is 5. The third-order valence-corrected chi connectivity index (χ3v) is 5.12. The van der Waals surface area contributed by atoms with Crippen LogP contribution in [-0.4, -0.2) is 37.8 Å². The maximum absolute atomic E-state index is 13.0. The molecular formula is C15H13Cl2F3N4O3S. The van der Waals surface area contributed by atoms with E-state index in [2.05, 4.69) is 10.4 Å².